The van der Waals surface area contributed by atoms with Gasteiger partial charge in [0.15, 0.2) is 11.5 Å². The molecule has 4 rings (SSSR count). The molecule has 4 aromatic rings. The van der Waals surface area contributed by atoms with Crippen LogP contribution in [-0.2, 0) is 24.4 Å². The lowest BCUT2D eigenvalue weighted by atomic mass is 10.2. The average Bonchev–Trinajstić information content (AvgIpc) is 3.67. The standard InChI is InChI=1S/C25H24N4O7/c1-3-29-14-20(22(28-29)24(31)26-13-18-5-4-12-34-18)27-23(30)21-11-10-19(36-21)15-35-17-8-6-16(7-9-17)25(32)33-2/h4-12,14H,3,13,15H2,1-2H3,(H,26,31)(H,27,30). The fraction of sp³-hybridized carbons (Fsp3) is 0.200. The van der Waals surface area contributed by atoms with Crippen LogP contribution in [0.15, 0.2) is 69.8 Å². The molecular weight excluding hydrogens is 468 g/mol. The van der Waals surface area contributed by atoms with E-state index in [4.69, 9.17) is 13.6 Å². The van der Waals surface area contributed by atoms with E-state index in [2.05, 4.69) is 20.5 Å². The van der Waals surface area contributed by atoms with Gasteiger partial charge in [0, 0.05) is 12.7 Å². The average molecular weight is 492 g/mol. The van der Waals surface area contributed by atoms with Crippen molar-refractivity contribution in [3.8, 4) is 5.75 Å². The Morgan fingerprint density at radius 1 is 1.03 bits per heavy atom. The van der Waals surface area contributed by atoms with Gasteiger partial charge in [0.05, 0.1) is 31.2 Å². The van der Waals surface area contributed by atoms with Gasteiger partial charge in [0.2, 0.25) is 0 Å². The van der Waals surface area contributed by atoms with E-state index in [1.54, 1.807) is 53.3 Å². The summed E-state index contributed by atoms with van der Waals surface area (Å²) in [6.07, 6.45) is 3.09. The summed E-state index contributed by atoms with van der Waals surface area (Å²) in [5.74, 6) is 0.125. The second-order valence-corrected chi connectivity index (χ2v) is 7.53. The first-order chi connectivity index (χ1) is 17.5. The van der Waals surface area contributed by atoms with Crippen LogP contribution < -0.4 is 15.4 Å². The van der Waals surface area contributed by atoms with Crippen LogP contribution in [0, 0.1) is 0 Å². The van der Waals surface area contributed by atoms with Gasteiger partial charge in [-0.15, -0.1) is 0 Å². The lowest BCUT2D eigenvalue weighted by Gasteiger charge is -2.06. The smallest absolute Gasteiger partial charge is 0.337 e. The summed E-state index contributed by atoms with van der Waals surface area (Å²) < 4.78 is 22.7. The zero-order valence-corrected chi connectivity index (χ0v) is 19.6. The van der Waals surface area contributed by atoms with E-state index >= 15 is 0 Å². The largest absolute Gasteiger partial charge is 0.486 e. The van der Waals surface area contributed by atoms with E-state index in [0.29, 0.717) is 29.4 Å². The predicted molar refractivity (Wildman–Crippen MR) is 127 cm³/mol. The number of rotatable bonds is 10. The van der Waals surface area contributed by atoms with E-state index in [1.807, 2.05) is 6.92 Å². The first-order valence-corrected chi connectivity index (χ1v) is 11.1. The summed E-state index contributed by atoms with van der Waals surface area (Å²) in [5.41, 5.74) is 0.725. The highest BCUT2D eigenvalue weighted by molar-refractivity contribution is 6.07. The number of anilines is 1. The lowest BCUT2D eigenvalue weighted by Crippen LogP contribution is -2.25. The molecule has 0 aliphatic heterocycles. The fourth-order valence-corrected chi connectivity index (χ4v) is 3.23. The maximum absolute atomic E-state index is 12.8. The molecule has 1 aromatic carbocycles. The topological polar surface area (TPSA) is 138 Å². The molecule has 2 amide bonds. The molecule has 3 heterocycles. The van der Waals surface area contributed by atoms with Gasteiger partial charge >= 0.3 is 5.97 Å². The van der Waals surface area contributed by atoms with Crippen molar-refractivity contribution in [1.82, 2.24) is 15.1 Å². The highest BCUT2D eigenvalue weighted by atomic mass is 16.5. The van der Waals surface area contributed by atoms with E-state index < -0.39 is 17.8 Å². The molecule has 0 aliphatic rings. The SMILES string of the molecule is CCn1cc(NC(=O)c2ccc(COc3ccc(C(=O)OC)cc3)o2)c(C(=O)NCc2ccco2)n1. The van der Waals surface area contributed by atoms with Crippen molar-refractivity contribution in [3.05, 3.63) is 89.5 Å². The molecule has 36 heavy (non-hydrogen) atoms. The van der Waals surface area contributed by atoms with Crippen molar-refractivity contribution >= 4 is 23.5 Å². The summed E-state index contributed by atoms with van der Waals surface area (Å²) in [7, 11) is 1.31. The van der Waals surface area contributed by atoms with Crippen molar-refractivity contribution < 1.29 is 32.7 Å². The Hall–Kier alpha value is -4.80. The van der Waals surface area contributed by atoms with Crippen LogP contribution in [0.4, 0.5) is 5.69 Å². The molecule has 2 N–H and O–H groups in total. The lowest BCUT2D eigenvalue weighted by molar-refractivity contribution is 0.0600. The highest BCUT2D eigenvalue weighted by Gasteiger charge is 2.21. The van der Waals surface area contributed by atoms with Crippen LogP contribution in [0.5, 0.6) is 5.75 Å². The van der Waals surface area contributed by atoms with Crippen LogP contribution in [0.2, 0.25) is 0 Å². The Kier molecular flexibility index (Phi) is 7.49. The predicted octanol–water partition coefficient (Wildman–Crippen LogP) is 3.64. The Bertz CT molecular complexity index is 1340. The number of furan rings is 2. The Morgan fingerprint density at radius 3 is 2.53 bits per heavy atom. The van der Waals surface area contributed by atoms with Gasteiger partial charge < -0.3 is 28.9 Å². The molecule has 0 unspecified atom stereocenters. The minimum absolute atomic E-state index is 0.0424. The summed E-state index contributed by atoms with van der Waals surface area (Å²) in [5, 5.41) is 9.64. The molecule has 0 atom stereocenters. The van der Waals surface area contributed by atoms with Gasteiger partial charge in [-0.05, 0) is 55.5 Å². The number of nitrogens with zero attached hydrogens (tertiary/aromatic N) is 2. The summed E-state index contributed by atoms with van der Waals surface area (Å²) in [6.45, 7) is 2.63. The second kappa shape index (κ2) is 11.1. The molecule has 0 radical (unpaired) electrons. The zero-order valence-electron chi connectivity index (χ0n) is 19.6. The molecule has 11 heteroatoms. The normalized spacial score (nSPS) is 10.6. The third kappa shape index (κ3) is 5.81. The minimum Gasteiger partial charge on any atom is -0.486 e. The molecule has 0 spiro atoms. The van der Waals surface area contributed by atoms with Gasteiger partial charge in [-0.2, -0.15) is 5.10 Å². The first-order valence-electron chi connectivity index (χ1n) is 11.1. The maximum atomic E-state index is 12.8. The first kappa shape index (κ1) is 24.3. The minimum atomic E-state index is -0.542. The van der Waals surface area contributed by atoms with Crippen LogP contribution in [0.3, 0.4) is 0 Å². The quantitative estimate of drug-likeness (QED) is 0.320. The number of hydrogen-bond donors (Lipinski definition) is 2. The molecule has 11 nitrogen and oxygen atoms in total. The Morgan fingerprint density at radius 2 is 1.83 bits per heavy atom. The number of amides is 2. The molecule has 0 saturated heterocycles. The van der Waals surface area contributed by atoms with Crippen LogP contribution in [0.1, 0.15) is 49.8 Å². The monoisotopic (exact) mass is 492 g/mol. The maximum Gasteiger partial charge on any atom is 0.337 e. The number of aromatic nitrogens is 2. The number of esters is 1. The van der Waals surface area contributed by atoms with Gasteiger partial charge in [-0.1, -0.05) is 0 Å². The van der Waals surface area contributed by atoms with Gasteiger partial charge in [-0.3, -0.25) is 14.3 Å². The van der Waals surface area contributed by atoms with Crippen molar-refractivity contribution in [2.24, 2.45) is 0 Å². The summed E-state index contributed by atoms with van der Waals surface area (Å²) >= 11 is 0. The number of benzene rings is 1. The van der Waals surface area contributed by atoms with Crippen LogP contribution >= 0.6 is 0 Å². The Balaban J connectivity index is 1.37. The second-order valence-electron chi connectivity index (χ2n) is 7.53. The molecule has 0 aliphatic carbocycles. The third-order valence-electron chi connectivity index (χ3n) is 5.09. The molecular formula is C25H24N4O7. The number of nitrogens with one attached hydrogen (secondary N) is 2. The van der Waals surface area contributed by atoms with Crippen molar-refractivity contribution in [1.29, 1.82) is 0 Å². The fourth-order valence-electron chi connectivity index (χ4n) is 3.23. The molecule has 0 fully saturated rings. The third-order valence-corrected chi connectivity index (χ3v) is 5.09. The van der Waals surface area contributed by atoms with E-state index in [9.17, 15) is 14.4 Å². The van der Waals surface area contributed by atoms with Crippen LogP contribution in [0.25, 0.3) is 0 Å². The zero-order chi connectivity index (χ0) is 25.5. The Labute approximate surface area is 206 Å². The number of carbonyl (C=O) groups is 3. The number of hydrogen-bond acceptors (Lipinski definition) is 8. The number of methoxy groups -OCH3 is 1. The molecule has 3 aromatic heterocycles. The summed E-state index contributed by atoms with van der Waals surface area (Å²) in [6, 6.07) is 13.0. The van der Waals surface area contributed by atoms with Crippen molar-refractivity contribution in [2.45, 2.75) is 26.6 Å². The molecule has 186 valence electrons. The van der Waals surface area contributed by atoms with Crippen molar-refractivity contribution in [2.75, 3.05) is 12.4 Å². The van der Waals surface area contributed by atoms with Gasteiger partial charge in [0.25, 0.3) is 11.8 Å². The number of aryl methyl sites for hydroxylation is 1. The van der Waals surface area contributed by atoms with Gasteiger partial charge in [-0.25, -0.2) is 4.79 Å². The van der Waals surface area contributed by atoms with Crippen molar-refractivity contribution in [3.63, 3.8) is 0 Å². The summed E-state index contributed by atoms with van der Waals surface area (Å²) in [4.78, 5) is 36.9. The number of carbonyl (C=O) groups excluding carboxylic acids is 3. The van der Waals surface area contributed by atoms with Crippen LogP contribution in [-0.4, -0.2) is 34.7 Å². The highest BCUT2D eigenvalue weighted by Crippen LogP contribution is 2.19. The number of ether oxygens (including phenoxy) is 2. The van der Waals surface area contributed by atoms with E-state index in [0.717, 1.165) is 0 Å². The molecule has 0 bridgehead atoms. The van der Waals surface area contributed by atoms with E-state index in [1.165, 1.54) is 19.4 Å². The van der Waals surface area contributed by atoms with Gasteiger partial charge in [0.1, 0.15) is 23.9 Å². The molecule has 0 saturated carbocycles. The van der Waals surface area contributed by atoms with E-state index in [-0.39, 0.29) is 30.3 Å².